The molecule has 18 heavy (non-hydrogen) atoms. The third-order valence-corrected chi connectivity index (χ3v) is 1.90. The van der Waals surface area contributed by atoms with Gasteiger partial charge in [0.1, 0.15) is 11.5 Å². The molecular formula is C12H12F3NO2. The van der Waals surface area contributed by atoms with Crippen LogP contribution in [0.1, 0.15) is 5.56 Å². The van der Waals surface area contributed by atoms with Crippen LogP contribution in [0.4, 0.5) is 13.2 Å². The Morgan fingerprint density at radius 3 is 2.61 bits per heavy atom. The number of alkyl halides is 3. The van der Waals surface area contributed by atoms with Crippen molar-refractivity contribution >= 4 is 0 Å². The van der Waals surface area contributed by atoms with Crippen molar-refractivity contribution in [2.24, 2.45) is 5.73 Å². The molecule has 0 aromatic heterocycles. The second-order valence-corrected chi connectivity index (χ2v) is 3.27. The average Bonchev–Trinajstić information content (AvgIpc) is 2.33. The van der Waals surface area contributed by atoms with Gasteiger partial charge in [0.05, 0.1) is 19.2 Å². The van der Waals surface area contributed by atoms with Gasteiger partial charge in [0.25, 0.3) is 0 Å². The van der Waals surface area contributed by atoms with E-state index >= 15 is 0 Å². The summed E-state index contributed by atoms with van der Waals surface area (Å²) in [5, 5.41) is 0. The number of hydrogen-bond acceptors (Lipinski definition) is 3. The van der Waals surface area contributed by atoms with Gasteiger partial charge in [-0.2, -0.15) is 13.2 Å². The summed E-state index contributed by atoms with van der Waals surface area (Å²) in [7, 11) is 1.45. The van der Waals surface area contributed by atoms with E-state index in [1.165, 1.54) is 25.3 Å². The summed E-state index contributed by atoms with van der Waals surface area (Å²) in [5.74, 6) is 5.72. The van der Waals surface area contributed by atoms with E-state index in [1.54, 1.807) is 0 Å². The molecule has 98 valence electrons. The molecular weight excluding hydrogens is 247 g/mol. The molecule has 3 nitrogen and oxygen atoms in total. The van der Waals surface area contributed by atoms with Gasteiger partial charge in [-0.05, 0) is 18.2 Å². The van der Waals surface area contributed by atoms with Crippen LogP contribution in [0.5, 0.6) is 11.5 Å². The molecule has 0 heterocycles. The number of rotatable bonds is 3. The summed E-state index contributed by atoms with van der Waals surface area (Å²) in [5.41, 5.74) is 5.52. The molecule has 6 heteroatoms. The van der Waals surface area contributed by atoms with Gasteiger partial charge in [-0.3, -0.25) is 0 Å². The number of halogens is 3. The van der Waals surface area contributed by atoms with Crippen LogP contribution in [-0.4, -0.2) is 26.4 Å². The van der Waals surface area contributed by atoms with Crippen LogP contribution in [0.2, 0.25) is 0 Å². The lowest BCUT2D eigenvalue weighted by Crippen LogP contribution is -2.19. The summed E-state index contributed by atoms with van der Waals surface area (Å²) >= 11 is 0. The maximum atomic E-state index is 12.1. The van der Waals surface area contributed by atoms with E-state index in [4.69, 9.17) is 10.5 Å². The van der Waals surface area contributed by atoms with Crippen molar-refractivity contribution in [3.63, 3.8) is 0 Å². The van der Waals surface area contributed by atoms with E-state index in [0.29, 0.717) is 11.3 Å². The standard InChI is InChI=1S/C12H12F3NO2/c1-17-10-4-5-11(18-8-12(13,14)15)9(7-10)3-2-6-16/h4-5,7H,6,8,16H2,1H3. The number of ether oxygens (including phenoxy) is 2. The Hall–Kier alpha value is -1.87. The van der Waals surface area contributed by atoms with Gasteiger partial charge in [-0.25, -0.2) is 0 Å². The Kier molecular flexibility index (Phi) is 4.86. The highest BCUT2D eigenvalue weighted by molar-refractivity contribution is 5.50. The normalized spacial score (nSPS) is 10.5. The molecule has 0 aliphatic heterocycles. The molecule has 1 aromatic rings. The highest BCUT2D eigenvalue weighted by Gasteiger charge is 2.28. The molecule has 1 aromatic carbocycles. The van der Waals surface area contributed by atoms with Gasteiger partial charge in [0, 0.05) is 0 Å². The molecule has 0 atom stereocenters. The minimum absolute atomic E-state index is 0.0501. The highest BCUT2D eigenvalue weighted by atomic mass is 19.4. The fourth-order valence-corrected chi connectivity index (χ4v) is 1.17. The van der Waals surface area contributed by atoms with E-state index in [0.717, 1.165) is 0 Å². The molecule has 0 unspecified atom stereocenters. The predicted octanol–water partition coefficient (Wildman–Crippen LogP) is 1.95. The lowest BCUT2D eigenvalue weighted by Gasteiger charge is -2.11. The fraction of sp³-hybridized carbons (Fsp3) is 0.333. The van der Waals surface area contributed by atoms with Crippen molar-refractivity contribution in [3.8, 4) is 23.3 Å². The Labute approximate surface area is 103 Å². The van der Waals surface area contributed by atoms with Crippen molar-refractivity contribution in [1.82, 2.24) is 0 Å². The first-order valence-corrected chi connectivity index (χ1v) is 5.03. The van der Waals surface area contributed by atoms with E-state index < -0.39 is 12.8 Å². The molecule has 0 bridgehead atoms. The Balaban J connectivity index is 2.95. The Morgan fingerprint density at radius 2 is 2.06 bits per heavy atom. The molecule has 2 N–H and O–H groups in total. The van der Waals surface area contributed by atoms with E-state index in [2.05, 4.69) is 16.6 Å². The van der Waals surface area contributed by atoms with E-state index in [1.807, 2.05) is 0 Å². The average molecular weight is 259 g/mol. The predicted molar refractivity (Wildman–Crippen MR) is 60.5 cm³/mol. The van der Waals surface area contributed by atoms with Gasteiger partial charge in [-0.1, -0.05) is 11.8 Å². The van der Waals surface area contributed by atoms with Crippen LogP contribution >= 0.6 is 0 Å². The first-order valence-electron chi connectivity index (χ1n) is 5.03. The van der Waals surface area contributed by atoms with Crippen molar-refractivity contribution in [1.29, 1.82) is 0 Å². The number of benzene rings is 1. The number of nitrogens with two attached hydrogens (primary N) is 1. The lowest BCUT2D eigenvalue weighted by molar-refractivity contribution is -0.153. The van der Waals surface area contributed by atoms with Crippen molar-refractivity contribution < 1.29 is 22.6 Å². The summed E-state index contributed by atoms with van der Waals surface area (Å²) in [4.78, 5) is 0. The third kappa shape index (κ3) is 4.55. The van der Waals surface area contributed by atoms with Gasteiger partial charge in [0.15, 0.2) is 6.61 Å². The molecule has 0 aliphatic rings. The molecule has 0 aliphatic carbocycles. The van der Waals surface area contributed by atoms with Gasteiger partial charge in [0.2, 0.25) is 0 Å². The molecule has 0 radical (unpaired) electrons. The maximum absolute atomic E-state index is 12.1. The zero-order valence-corrected chi connectivity index (χ0v) is 9.67. The van der Waals surface area contributed by atoms with Gasteiger partial charge < -0.3 is 15.2 Å². The minimum Gasteiger partial charge on any atom is -0.497 e. The Morgan fingerprint density at radius 1 is 1.33 bits per heavy atom. The zero-order chi connectivity index (χ0) is 13.6. The number of hydrogen-bond donors (Lipinski definition) is 1. The summed E-state index contributed by atoms with van der Waals surface area (Å²) < 4.78 is 45.8. The first kappa shape index (κ1) is 14.2. The van der Waals surface area contributed by atoms with Crippen molar-refractivity contribution in [2.45, 2.75) is 6.18 Å². The van der Waals surface area contributed by atoms with Gasteiger partial charge in [-0.15, -0.1) is 0 Å². The Bertz CT molecular complexity index is 461. The minimum atomic E-state index is -4.39. The highest BCUT2D eigenvalue weighted by Crippen LogP contribution is 2.25. The molecule has 0 fully saturated rings. The van der Waals surface area contributed by atoms with Crippen molar-refractivity contribution in [2.75, 3.05) is 20.3 Å². The summed E-state index contributed by atoms with van der Waals surface area (Å²) in [6.07, 6.45) is -4.39. The van der Waals surface area contributed by atoms with Crippen LogP contribution < -0.4 is 15.2 Å². The quantitative estimate of drug-likeness (QED) is 0.844. The van der Waals surface area contributed by atoms with Crippen LogP contribution in [0, 0.1) is 11.8 Å². The second-order valence-electron chi connectivity index (χ2n) is 3.27. The van der Waals surface area contributed by atoms with Crippen LogP contribution in [-0.2, 0) is 0 Å². The maximum Gasteiger partial charge on any atom is 0.422 e. The zero-order valence-electron chi connectivity index (χ0n) is 9.67. The monoisotopic (exact) mass is 259 g/mol. The fourth-order valence-electron chi connectivity index (χ4n) is 1.17. The van der Waals surface area contributed by atoms with Crippen molar-refractivity contribution in [3.05, 3.63) is 23.8 Å². The molecule has 0 spiro atoms. The smallest absolute Gasteiger partial charge is 0.422 e. The lowest BCUT2D eigenvalue weighted by atomic mass is 10.2. The molecule has 0 saturated carbocycles. The third-order valence-electron chi connectivity index (χ3n) is 1.90. The SMILES string of the molecule is COc1ccc(OCC(F)(F)F)c(C#CCN)c1. The topological polar surface area (TPSA) is 44.5 Å². The summed E-state index contributed by atoms with van der Waals surface area (Å²) in [6, 6.07) is 4.37. The van der Waals surface area contributed by atoms with Gasteiger partial charge >= 0.3 is 6.18 Å². The second kappa shape index (κ2) is 6.17. The summed E-state index contributed by atoms with van der Waals surface area (Å²) in [6.45, 7) is -1.26. The van der Waals surface area contributed by atoms with Crippen LogP contribution in [0.15, 0.2) is 18.2 Å². The molecule has 0 amide bonds. The molecule has 1 rings (SSSR count). The van der Waals surface area contributed by atoms with E-state index in [-0.39, 0.29) is 12.3 Å². The first-order chi connectivity index (χ1) is 8.46. The largest absolute Gasteiger partial charge is 0.497 e. The van der Waals surface area contributed by atoms with Crippen LogP contribution in [0.3, 0.4) is 0 Å². The number of methoxy groups -OCH3 is 1. The molecule has 0 saturated heterocycles. The van der Waals surface area contributed by atoms with E-state index in [9.17, 15) is 13.2 Å². The van der Waals surface area contributed by atoms with Crippen LogP contribution in [0.25, 0.3) is 0 Å².